The average Bonchev–Trinajstić information content (AvgIpc) is 2.61. The molecular formula is C22H26O4. The van der Waals surface area contributed by atoms with E-state index in [2.05, 4.69) is 0 Å². The van der Waals surface area contributed by atoms with E-state index in [-0.39, 0.29) is 18.0 Å². The van der Waals surface area contributed by atoms with E-state index in [0.29, 0.717) is 5.56 Å². The minimum atomic E-state index is -0.786. The predicted octanol–water partition coefficient (Wildman–Crippen LogP) is 4.95. The number of carbonyl (C=O) groups is 2. The fourth-order valence-corrected chi connectivity index (χ4v) is 2.58. The minimum Gasteiger partial charge on any atom is -0.299 e. The summed E-state index contributed by atoms with van der Waals surface area (Å²) in [5.41, 5.74) is 0.891. The molecule has 0 fully saturated rings. The smallest absolute Gasteiger partial charge is 0.173 e. The Morgan fingerprint density at radius 3 is 1.96 bits per heavy atom. The number of ketones is 2. The van der Waals surface area contributed by atoms with E-state index in [9.17, 15) is 9.59 Å². The highest BCUT2D eigenvalue weighted by molar-refractivity contribution is 6.10. The Hall–Kier alpha value is -2.30. The minimum absolute atomic E-state index is 0.181. The van der Waals surface area contributed by atoms with Crippen molar-refractivity contribution in [3.8, 4) is 0 Å². The quantitative estimate of drug-likeness (QED) is 0.291. The summed E-state index contributed by atoms with van der Waals surface area (Å²) in [6, 6.07) is 18.4. The van der Waals surface area contributed by atoms with Crippen molar-refractivity contribution in [2.45, 2.75) is 45.8 Å². The van der Waals surface area contributed by atoms with Gasteiger partial charge >= 0.3 is 0 Å². The van der Waals surface area contributed by atoms with Gasteiger partial charge in [-0.3, -0.25) is 9.59 Å². The van der Waals surface area contributed by atoms with Gasteiger partial charge in [0, 0.05) is 5.56 Å². The summed E-state index contributed by atoms with van der Waals surface area (Å²) in [6.45, 7) is 7.09. The molecule has 4 heteroatoms. The van der Waals surface area contributed by atoms with Crippen LogP contribution in [0.2, 0.25) is 0 Å². The molecule has 2 aromatic rings. The first-order valence-corrected chi connectivity index (χ1v) is 8.77. The monoisotopic (exact) mass is 354 g/mol. The molecule has 0 amide bonds. The first-order chi connectivity index (χ1) is 12.3. The van der Waals surface area contributed by atoms with Gasteiger partial charge in [-0.25, -0.2) is 9.78 Å². The third-order valence-electron chi connectivity index (χ3n) is 3.90. The number of rotatable bonds is 8. The molecule has 0 aliphatic carbocycles. The van der Waals surface area contributed by atoms with Crippen LogP contribution >= 0.6 is 0 Å². The van der Waals surface area contributed by atoms with Crippen LogP contribution < -0.4 is 0 Å². The van der Waals surface area contributed by atoms with Gasteiger partial charge in [-0.15, -0.1) is 0 Å². The molecule has 0 aromatic heterocycles. The van der Waals surface area contributed by atoms with E-state index in [1.165, 1.54) is 6.92 Å². The van der Waals surface area contributed by atoms with Crippen LogP contribution in [0.3, 0.4) is 0 Å². The highest BCUT2D eigenvalue weighted by atomic mass is 17.2. The van der Waals surface area contributed by atoms with Crippen molar-refractivity contribution < 1.29 is 19.4 Å². The zero-order valence-electron chi connectivity index (χ0n) is 15.8. The molecule has 2 atom stereocenters. The van der Waals surface area contributed by atoms with Gasteiger partial charge in [0.15, 0.2) is 5.78 Å². The van der Waals surface area contributed by atoms with Crippen LogP contribution in [0.1, 0.15) is 56.1 Å². The van der Waals surface area contributed by atoms with Crippen molar-refractivity contribution in [3.63, 3.8) is 0 Å². The normalized spacial score (nSPS) is 13.8. The Bertz CT molecular complexity index is 717. The van der Waals surface area contributed by atoms with E-state index in [1.54, 1.807) is 24.3 Å². The summed E-state index contributed by atoms with van der Waals surface area (Å²) in [6.07, 6.45) is -0.291. The van der Waals surface area contributed by atoms with Crippen LogP contribution in [0.15, 0.2) is 60.7 Å². The molecule has 0 saturated carbocycles. The molecule has 2 rings (SSSR count). The predicted molar refractivity (Wildman–Crippen MR) is 101 cm³/mol. The lowest BCUT2D eigenvalue weighted by Crippen LogP contribution is -2.27. The van der Waals surface area contributed by atoms with Gasteiger partial charge in [0.25, 0.3) is 0 Å². The molecule has 0 saturated heterocycles. The number of hydrogen-bond acceptors (Lipinski definition) is 4. The van der Waals surface area contributed by atoms with Crippen LogP contribution in [0, 0.1) is 5.92 Å². The van der Waals surface area contributed by atoms with Gasteiger partial charge in [0.2, 0.25) is 0 Å². The summed E-state index contributed by atoms with van der Waals surface area (Å²) in [7, 11) is 0. The van der Waals surface area contributed by atoms with E-state index in [1.807, 2.05) is 57.2 Å². The van der Waals surface area contributed by atoms with E-state index >= 15 is 0 Å². The van der Waals surface area contributed by atoms with E-state index < -0.39 is 17.6 Å². The van der Waals surface area contributed by atoms with Crippen molar-refractivity contribution in [3.05, 3.63) is 71.8 Å². The van der Waals surface area contributed by atoms with E-state index in [4.69, 9.17) is 9.78 Å². The lowest BCUT2D eigenvalue weighted by atomic mass is 9.87. The maximum atomic E-state index is 12.8. The Labute approximate surface area is 155 Å². The standard InChI is InChI=1S/C22H26O4/c1-16(23)19(21(24)18-13-9-6-10-14-18)15-20(25-26-22(2,3)4)17-11-7-5-8-12-17/h5-14,19-20H,15H2,1-4H3. The molecule has 138 valence electrons. The van der Waals surface area contributed by atoms with Crippen molar-refractivity contribution >= 4 is 11.6 Å². The van der Waals surface area contributed by atoms with Gasteiger partial charge in [0.05, 0.1) is 11.5 Å². The molecule has 0 aliphatic rings. The van der Waals surface area contributed by atoms with Crippen LogP contribution in [0.5, 0.6) is 0 Å². The topological polar surface area (TPSA) is 52.6 Å². The highest BCUT2D eigenvalue weighted by Crippen LogP contribution is 2.29. The lowest BCUT2D eigenvalue weighted by molar-refractivity contribution is -0.377. The number of benzene rings is 2. The van der Waals surface area contributed by atoms with Crippen LogP contribution in [0.25, 0.3) is 0 Å². The largest absolute Gasteiger partial charge is 0.299 e. The summed E-state index contributed by atoms with van der Waals surface area (Å²) >= 11 is 0. The summed E-state index contributed by atoms with van der Waals surface area (Å²) in [5, 5.41) is 0. The fraction of sp³-hybridized carbons (Fsp3) is 0.364. The molecule has 0 radical (unpaired) electrons. The van der Waals surface area contributed by atoms with E-state index in [0.717, 1.165) is 5.56 Å². The Morgan fingerprint density at radius 1 is 0.923 bits per heavy atom. The second-order valence-electron chi connectivity index (χ2n) is 7.32. The van der Waals surface area contributed by atoms with Crippen molar-refractivity contribution in [1.29, 1.82) is 0 Å². The SMILES string of the molecule is CC(=O)C(CC(OOC(C)(C)C)c1ccccc1)C(=O)c1ccccc1. The molecule has 26 heavy (non-hydrogen) atoms. The molecule has 2 unspecified atom stereocenters. The zero-order valence-corrected chi connectivity index (χ0v) is 15.8. The van der Waals surface area contributed by atoms with Crippen LogP contribution in [-0.4, -0.2) is 17.2 Å². The molecule has 0 aliphatic heterocycles. The van der Waals surface area contributed by atoms with Crippen molar-refractivity contribution in [2.24, 2.45) is 5.92 Å². The molecule has 0 spiro atoms. The number of hydrogen-bond donors (Lipinski definition) is 0. The first kappa shape index (κ1) is 20.0. The highest BCUT2D eigenvalue weighted by Gasteiger charge is 2.30. The molecule has 4 nitrogen and oxygen atoms in total. The second-order valence-corrected chi connectivity index (χ2v) is 7.32. The van der Waals surface area contributed by atoms with Gasteiger partial charge in [0.1, 0.15) is 11.9 Å². The van der Waals surface area contributed by atoms with Gasteiger partial charge in [-0.05, 0) is 39.7 Å². The maximum Gasteiger partial charge on any atom is 0.173 e. The summed E-state index contributed by atoms with van der Waals surface area (Å²) in [4.78, 5) is 36.2. The average molecular weight is 354 g/mol. The molecular weight excluding hydrogens is 328 g/mol. The molecule has 0 bridgehead atoms. The van der Waals surface area contributed by atoms with Crippen LogP contribution in [0.4, 0.5) is 0 Å². The van der Waals surface area contributed by atoms with Gasteiger partial charge in [-0.2, -0.15) is 0 Å². The van der Waals surface area contributed by atoms with Crippen molar-refractivity contribution in [1.82, 2.24) is 0 Å². The maximum absolute atomic E-state index is 12.8. The molecule has 0 N–H and O–H groups in total. The van der Waals surface area contributed by atoms with Crippen molar-refractivity contribution in [2.75, 3.05) is 0 Å². The van der Waals surface area contributed by atoms with Gasteiger partial charge in [-0.1, -0.05) is 60.7 Å². The number of Topliss-reactive ketones (excluding diaryl/α,β-unsaturated/α-hetero) is 2. The fourth-order valence-electron chi connectivity index (χ4n) is 2.58. The summed E-state index contributed by atoms with van der Waals surface area (Å²) < 4.78 is 0. The number of carbonyl (C=O) groups excluding carboxylic acids is 2. The lowest BCUT2D eigenvalue weighted by Gasteiger charge is -2.25. The zero-order chi connectivity index (χ0) is 19.2. The molecule has 0 heterocycles. The molecule has 2 aromatic carbocycles. The van der Waals surface area contributed by atoms with Gasteiger partial charge < -0.3 is 0 Å². The first-order valence-electron chi connectivity index (χ1n) is 8.77. The third-order valence-corrected chi connectivity index (χ3v) is 3.90. The Balaban J connectivity index is 2.25. The second kappa shape index (κ2) is 8.88. The van der Waals surface area contributed by atoms with Crippen LogP contribution in [-0.2, 0) is 14.6 Å². The summed E-state index contributed by atoms with van der Waals surface area (Å²) in [5.74, 6) is -1.16. The Kier molecular flexibility index (Phi) is 6.83. The Morgan fingerprint density at radius 2 is 1.46 bits per heavy atom. The third kappa shape index (κ3) is 5.90.